The van der Waals surface area contributed by atoms with E-state index in [4.69, 9.17) is 10.8 Å². The van der Waals surface area contributed by atoms with Crippen molar-refractivity contribution >= 4 is 17.8 Å². The first-order valence-corrected chi connectivity index (χ1v) is 7.34. The topological polar surface area (TPSA) is 124 Å². The van der Waals surface area contributed by atoms with Crippen molar-refractivity contribution in [2.24, 2.45) is 11.7 Å². The van der Waals surface area contributed by atoms with Crippen LogP contribution < -0.4 is 16.4 Å². The number of hydrogen-bond acceptors (Lipinski definition) is 4. The summed E-state index contributed by atoms with van der Waals surface area (Å²) in [5.74, 6) is -1.64. The number of carbonyl (C=O) groups is 3. The molecule has 7 heteroatoms. The number of rotatable bonds is 8. The molecule has 1 radical (unpaired) electrons. The van der Waals surface area contributed by atoms with Crippen LogP contribution in [0.2, 0.25) is 0 Å². The van der Waals surface area contributed by atoms with Gasteiger partial charge in [-0.1, -0.05) is 20.3 Å². The Morgan fingerprint density at radius 3 is 2.67 bits per heavy atom. The summed E-state index contributed by atoms with van der Waals surface area (Å²) >= 11 is 0. The SMILES string of the molecule is CCC(C)C1(NC(=O)C(N)CCCC(=O)O)CC[N]C1=O. The Morgan fingerprint density at radius 2 is 2.19 bits per heavy atom. The molecule has 1 heterocycles. The standard InChI is InChI=1S/C14H24N3O4/c1-3-9(2)14(7-8-16-13(14)21)17-12(20)10(15)5-4-6-11(18)19/h9-10H,3-8,15H2,1-2H3,(H,17,20)(H,18,19). The van der Waals surface area contributed by atoms with Crippen LogP contribution in [-0.2, 0) is 14.4 Å². The van der Waals surface area contributed by atoms with Gasteiger partial charge in [-0.15, -0.1) is 0 Å². The van der Waals surface area contributed by atoms with Crippen LogP contribution >= 0.6 is 0 Å². The smallest absolute Gasteiger partial charge is 0.303 e. The minimum atomic E-state index is -0.948. The Balaban J connectivity index is 2.64. The summed E-state index contributed by atoms with van der Waals surface area (Å²) in [6.07, 6.45) is 1.83. The second-order valence-electron chi connectivity index (χ2n) is 5.60. The molecule has 3 atom stereocenters. The van der Waals surface area contributed by atoms with Crippen LogP contribution in [0.1, 0.15) is 46.0 Å². The van der Waals surface area contributed by atoms with Crippen molar-refractivity contribution in [2.45, 2.75) is 57.5 Å². The molecule has 2 amide bonds. The molecule has 0 aromatic carbocycles. The molecule has 1 fully saturated rings. The third-order valence-corrected chi connectivity index (χ3v) is 4.19. The number of carboxylic acid groups (broad SMARTS) is 1. The average molecular weight is 298 g/mol. The van der Waals surface area contributed by atoms with Crippen LogP contribution in [0.25, 0.3) is 0 Å². The lowest BCUT2D eigenvalue weighted by molar-refractivity contribution is -0.137. The lowest BCUT2D eigenvalue weighted by Crippen LogP contribution is -2.60. The highest BCUT2D eigenvalue weighted by Crippen LogP contribution is 2.29. The number of amides is 2. The summed E-state index contributed by atoms with van der Waals surface area (Å²) in [6.45, 7) is 4.28. The van der Waals surface area contributed by atoms with Gasteiger partial charge < -0.3 is 16.2 Å². The maximum Gasteiger partial charge on any atom is 0.303 e. The third kappa shape index (κ3) is 4.17. The first-order valence-electron chi connectivity index (χ1n) is 7.34. The van der Waals surface area contributed by atoms with Crippen LogP contribution in [0.4, 0.5) is 0 Å². The van der Waals surface area contributed by atoms with Gasteiger partial charge in [0.25, 0.3) is 5.91 Å². The quantitative estimate of drug-likeness (QED) is 0.582. The fraction of sp³-hybridized carbons (Fsp3) is 0.786. The summed E-state index contributed by atoms with van der Waals surface area (Å²) < 4.78 is 0. The normalized spacial score (nSPS) is 24.2. The van der Waals surface area contributed by atoms with Crippen molar-refractivity contribution in [3.63, 3.8) is 0 Å². The van der Waals surface area contributed by atoms with E-state index in [-0.39, 0.29) is 24.7 Å². The van der Waals surface area contributed by atoms with Crippen molar-refractivity contribution < 1.29 is 19.5 Å². The van der Waals surface area contributed by atoms with Gasteiger partial charge in [-0.2, -0.15) is 0 Å². The van der Waals surface area contributed by atoms with Crippen LogP contribution in [0.5, 0.6) is 0 Å². The number of nitrogens with two attached hydrogens (primary N) is 1. The Kier molecular flexibility index (Phi) is 6.14. The van der Waals surface area contributed by atoms with Gasteiger partial charge in [-0.3, -0.25) is 14.4 Å². The van der Waals surface area contributed by atoms with E-state index in [9.17, 15) is 14.4 Å². The number of hydrogen-bond donors (Lipinski definition) is 3. The lowest BCUT2D eigenvalue weighted by atomic mass is 9.81. The van der Waals surface area contributed by atoms with E-state index in [2.05, 4.69) is 10.6 Å². The number of nitrogens with zero attached hydrogens (tertiary/aromatic N) is 1. The number of nitrogens with one attached hydrogen (secondary N) is 1. The van der Waals surface area contributed by atoms with Crippen LogP contribution in [-0.4, -0.2) is 41.0 Å². The zero-order valence-electron chi connectivity index (χ0n) is 12.6. The molecular formula is C14H24N3O4. The van der Waals surface area contributed by atoms with Crippen molar-refractivity contribution in [3.05, 3.63) is 0 Å². The fourth-order valence-electron chi connectivity index (χ4n) is 2.54. The lowest BCUT2D eigenvalue weighted by Gasteiger charge is -2.33. The van der Waals surface area contributed by atoms with Gasteiger partial charge >= 0.3 is 5.97 Å². The number of carbonyl (C=O) groups excluding carboxylic acids is 2. The molecule has 0 aromatic rings. The second-order valence-corrected chi connectivity index (χ2v) is 5.60. The van der Waals surface area contributed by atoms with E-state index in [0.717, 1.165) is 6.42 Å². The number of carboxylic acids is 1. The van der Waals surface area contributed by atoms with E-state index >= 15 is 0 Å². The highest BCUT2D eigenvalue weighted by atomic mass is 16.4. The van der Waals surface area contributed by atoms with Crippen molar-refractivity contribution in [3.8, 4) is 0 Å². The monoisotopic (exact) mass is 298 g/mol. The zero-order valence-corrected chi connectivity index (χ0v) is 12.6. The van der Waals surface area contributed by atoms with Gasteiger partial charge in [0.15, 0.2) is 0 Å². The van der Waals surface area contributed by atoms with E-state index < -0.39 is 23.5 Å². The van der Waals surface area contributed by atoms with Crippen LogP contribution in [0, 0.1) is 5.92 Å². The predicted octanol–water partition coefficient (Wildman–Crippen LogP) is 0.00440. The molecule has 0 aromatic heterocycles. The van der Waals surface area contributed by atoms with Gasteiger partial charge in [0.05, 0.1) is 6.04 Å². The molecule has 1 aliphatic rings. The number of aliphatic carboxylic acids is 1. The Bertz CT molecular complexity index is 413. The Labute approximate surface area is 124 Å². The molecule has 3 unspecified atom stereocenters. The van der Waals surface area contributed by atoms with E-state index in [1.165, 1.54) is 0 Å². The van der Waals surface area contributed by atoms with Crippen molar-refractivity contribution in [1.82, 2.24) is 10.6 Å². The summed E-state index contributed by atoms with van der Waals surface area (Å²) in [4.78, 5) is 34.7. The average Bonchev–Trinajstić information content (AvgIpc) is 2.79. The zero-order chi connectivity index (χ0) is 16.0. The molecule has 21 heavy (non-hydrogen) atoms. The van der Waals surface area contributed by atoms with Gasteiger partial charge in [0, 0.05) is 13.0 Å². The Hall–Kier alpha value is -1.63. The van der Waals surface area contributed by atoms with Gasteiger partial charge in [-0.05, 0) is 25.2 Å². The third-order valence-electron chi connectivity index (χ3n) is 4.19. The molecule has 4 N–H and O–H groups in total. The molecule has 0 aliphatic carbocycles. The molecule has 1 aliphatic heterocycles. The summed E-state index contributed by atoms with van der Waals surface area (Å²) in [7, 11) is 0. The molecule has 7 nitrogen and oxygen atoms in total. The largest absolute Gasteiger partial charge is 0.481 e. The van der Waals surface area contributed by atoms with Gasteiger partial charge in [0.2, 0.25) is 5.91 Å². The molecule has 119 valence electrons. The summed E-state index contributed by atoms with van der Waals surface area (Å²) in [6, 6.07) is -0.807. The summed E-state index contributed by atoms with van der Waals surface area (Å²) in [5, 5.41) is 15.2. The highest BCUT2D eigenvalue weighted by molar-refractivity contribution is 5.94. The second kappa shape index (κ2) is 7.40. The predicted molar refractivity (Wildman–Crippen MR) is 76.4 cm³/mol. The first-order chi connectivity index (χ1) is 9.83. The molecule has 0 saturated carbocycles. The Morgan fingerprint density at radius 1 is 1.52 bits per heavy atom. The van der Waals surface area contributed by atoms with Crippen LogP contribution in [0.15, 0.2) is 0 Å². The molecule has 0 spiro atoms. The first kappa shape index (κ1) is 17.4. The minimum absolute atomic E-state index is 0.0218. The summed E-state index contributed by atoms with van der Waals surface area (Å²) in [5.41, 5.74) is 4.83. The molecule has 1 rings (SSSR count). The van der Waals surface area contributed by atoms with Crippen LogP contribution in [0.3, 0.4) is 0 Å². The van der Waals surface area contributed by atoms with Crippen molar-refractivity contribution in [2.75, 3.05) is 6.54 Å². The van der Waals surface area contributed by atoms with Crippen molar-refractivity contribution in [1.29, 1.82) is 0 Å². The highest BCUT2D eigenvalue weighted by Gasteiger charge is 2.48. The van der Waals surface area contributed by atoms with E-state index in [1.807, 2.05) is 13.8 Å². The molecule has 0 bridgehead atoms. The minimum Gasteiger partial charge on any atom is -0.481 e. The fourth-order valence-corrected chi connectivity index (χ4v) is 2.54. The molecular weight excluding hydrogens is 274 g/mol. The molecule has 1 saturated heterocycles. The maximum absolute atomic E-state index is 12.2. The van der Waals surface area contributed by atoms with Gasteiger partial charge in [0.1, 0.15) is 5.54 Å². The maximum atomic E-state index is 12.2. The van der Waals surface area contributed by atoms with E-state index in [0.29, 0.717) is 19.4 Å². The van der Waals surface area contributed by atoms with Gasteiger partial charge in [-0.25, -0.2) is 5.32 Å². The van der Waals surface area contributed by atoms with E-state index in [1.54, 1.807) is 0 Å².